The van der Waals surface area contributed by atoms with Crippen LogP contribution in [-0.4, -0.2) is 18.3 Å². The Bertz CT molecular complexity index is 1120. The van der Waals surface area contributed by atoms with Crippen molar-refractivity contribution in [2.45, 2.75) is 12.8 Å². The fourth-order valence-electron chi connectivity index (χ4n) is 2.54. The SMILES string of the molecule is COc1cc(/C=N\Nc2ccc(C(F)(F)F)cn2)cc(Cl)c1OCc1ccc(Cl)c(Cl)c1. The second-order valence-electron chi connectivity index (χ2n) is 6.37. The van der Waals surface area contributed by atoms with Crippen LogP contribution in [0.25, 0.3) is 0 Å². The Morgan fingerprint density at radius 3 is 2.44 bits per heavy atom. The van der Waals surface area contributed by atoms with Crippen LogP contribution < -0.4 is 14.9 Å². The number of anilines is 1. The zero-order chi connectivity index (χ0) is 23.3. The first kappa shape index (κ1) is 24.0. The molecule has 3 rings (SSSR count). The number of hydrogen-bond donors (Lipinski definition) is 1. The second kappa shape index (κ2) is 10.3. The summed E-state index contributed by atoms with van der Waals surface area (Å²) in [5, 5.41) is 5.09. The zero-order valence-electron chi connectivity index (χ0n) is 16.4. The van der Waals surface area contributed by atoms with Gasteiger partial charge < -0.3 is 9.47 Å². The number of alkyl halides is 3. The normalized spacial score (nSPS) is 11.6. The minimum absolute atomic E-state index is 0.147. The first-order valence-electron chi connectivity index (χ1n) is 8.94. The molecule has 0 fully saturated rings. The van der Waals surface area contributed by atoms with Crippen molar-refractivity contribution in [3.8, 4) is 11.5 Å². The molecule has 5 nitrogen and oxygen atoms in total. The highest BCUT2D eigenvalue weighted by atomic mass is 35.5. The van der Waals surface area contributed by atoms with Gasteiger partial charge in [-0.05, 0) is 47.5 Å². The first-order valence-corrected chi connectivity index (χ1v) is 10.1. The van der Waals surface area contributed by atoms with Crippen LogP contribution in [0.3, 0.4) is 0 Å². The Balaban J connectivity index is 1.69. The standard InChI is InChI=1S/C21H15Cl3F3N3O2/c1-31-18-8-13(9-29-30-19-5-3-14(10-28-19)21(25,26)27)7-17(24)20(18)32-11-12-2-4-15(22)16(23)6-12/h2-10H,11H2,1H3,(H,28,30)/b29-9-. The van der Waals surface area contributed by atoms with Crippen LogP contribution in [0.5, 0.6) is 11.5 Å². The highest BCUT2D eigenvalue weighted by Gasteiger charge is 2.30. The van der Waals surface area contributed by atoms with E-state index in [0.717, 1.165) is 17.8 Å². The van der Waals surface area contributed by atoms with E-state index < -0.39 is 11.7 Å². The molecule has 0 unspecified atom stereocenters. The summed E-state index contributed by atoms with van der Waals surface area (Å²) in [4.78, 5) is 3.67. The topological polar surface area (TPSA) is 55.7 Å². The van der Waals surface area contributed by atoms with Crippen molar-refractivity contribution in [1.82, 2.24) is 4.98 Å². The molecule has 3 aromatic rings. The van der Waals surface area contributed by atoms with Gasteiger partial charge in [-0.2, -0.15) is 18.3 Å². The number of rotatable bonds is 7. The summed E-state index contributed by atoms with van der Waals surface area (Å²) in [7, 11) is 1.46. The number of pyridine rings is 1. The van der Waals surface area contributed by atoms with Crippen LogP contribution in [-0.2, 0) is 12.8 Å². The molecule has 1 aromatic heterocycles. The van der Waals surface area contributed by atoms with Crippen LogP contribution in [0.15, 0.2) is 53.8 Å². The molecule has 1 heterocycles. The maximum absolute atomic E-state index is 12.6. The highest BCUT2D eigenvalue weighted by molar-refractivity contribution is 6.42. The van der Waals surface area contributed by atoms with Gasteiger partial charge in [-0.15, -0.1) is 0 Å². The Labute approximate surface area is 196 Å². The lowest BCUT2D eigenvalue weighted by Gasteiger charge is -2.13. The van der Waals surface area contributed by atoms with Crippen molar-refractivity contribution in [1.29, 1.82) is 0 Å². The quantitative estimate of drug-likeness (QED) is 0.276. The molecular formula is C21H15Cl3F3N3O2. The maximum Gasteiger partial charge on any atom is 0.417 e. The third-order valence-electron chi connectivity index (χ3n) is 4.10. The van der Waals surface area contributed by atoms with Gasteiger partial charge in [-0.25, -0.2) is 4.98 Å². The van der Waals surface area contributed by atoms with Crippen LogP contribution in [0.4, 0.5) is 19.0 Å². The van der Waals surface area contributed by atoms with Gasteiger partial charge in [0.25, 0.3) is 0 Å². The number of nitrogens with one attached hydrogen (secondary N) is 1. The van der Waals surface area contributed by atoms with Gasteiger partial charge in [0.05, 0.1) is 34.0 Å². The van der Waals surface area contributed by atoms with Crippen molar-refractivity contribution >= 4 is 46.8 Å². The summed E-state index contributed by atoms with van der Waals surface area (Å²) >= 11 is 18.3. The van der Waals surface area contributed by atoms with E-state index in [-0.39, 0.29) is 17.4 Å². The summed E-state index contributed by atoms with van der Waals surface area (Å²) < 4.78 is 48.9. The maximum atomic E-state index is 12.6. The number of methoxy groups -OCH3 is 1. The van der Waals surface area contributed by atoms with Gasteiger partial charge in [-0.3, -0.25) is 5.43 Å². The predicted molar refractivity (Wildman–Crippen MR) is 119 cm³/mol. The second-order valence-corrected chi connectivity index (χ2v) is 7.59. The molecule has 0 bridgehead atoms. The van der Waals surface area contributed by atoms with E-state index in [9.17, 15) is 13.2 Å². The smallest absolute Gasteiger partial charge is 0.417 e. The van der Waals surface area contributed by atoms with E-state index in [1.54, 1.807) is 30.3 Å². The fourth-order valence-corrected chi connectivity index (χ4v) is 3.13. The van der Waals surface area contributed by atoms with E-state index in [4.69, 9.17) is 44.3 Å². The van der Waals surface area contributed by atoms with E-state index in [1.807, 2.05) is 0 Å². The van der Waals surface area contributed by atoms with E-state index in [1.165, 1.54) is 19.4 Å². The fraction of sp³-hybridized carbons (Fsp3) is 0.143. The predicted octanol–water partition coefficient (Wildman–Crippen LogP) is 7.09. The van der Waals surface area contributed by atoms with E-state index in [2.05, 4.69) is 15.5 Å². The molecule has 0 aliphatic carbocycles. The third-order valence-corrected chi connectivity index (χ3v) is 5.12. The Morgan fingerprint density at radius 2 is 1.81 bits per heavy atom. The molecule has 168 valence electrons. The van der Waals surface area contributed by atoms with Crippen molar-refractivity contribution in [3.05, 3.63) is 80.4 Å². The summed E-state index contributed by atoms with van der Waals surface area (Å²) in [6.45, 7) is 0.182. The molecule has 0 saturated heterocycles. The molecule has 0 spiro atoms. The van der Waals surface area contributed by atoms with Gasteiger partial charge >= 0.3 is 6.18 Å². The summed E-state index contributed by atoms with van der Waals surface area (Å²) in [6, 6.07) is 10.4. The summed E-state index contributed by atoms with van der Waals surface area (Å²) in [6.07, 6.45) is -2.32. The van der Waals surface area contributed by atoms with Crippen molar-refractivity contribution < 1.29 is 22.6 Å². The van der Waals surface area contributed by atoms with E-state index >= 15 is 0 Å². The molecule has 11 heteroatoms. The molecule has 0 saturated carbocycles. The number of benzene rings is 2. The lowest BCUT2D eigenvalue weighted by atomic mass is 10.2. The van der Waals surface area contributed by atoms with Gasteiger partial charge in [-0.1, -0.05) is 40.9 Å². The van der Waals surface area contributed by atoms with Gasteiger partial charge in [0.15, 0.2) is 11.5 Å². The monoisotopic (exact) mass is 503 g/mol. The van der Waals surface area contributed by atoms with Gasteiger partial charge in [0.1, 0.15) is 12.4 Å². The number of nitrogens with zero attached hydrogens (tertiary/aromatic N) is 2. The molecule has 2 aromatic carbocycles. The molecule has 1 N–H and O–H groups in total. The number of hydrazone groups is 1. The highest BCUT2D eigenvalue weighted by Crippen LogP contribution is 2.37. The van der Waals surface area contributed by atoms with Gasteiger partial charge in [0.2, 0.25) is 0 Å². The van der Waals surface area contributed by atoms with Crippen molar-refractivity contribution in [2.75, 3.05) is 12.5 Å². The number of ether oxygens (including phenoxy) is 2. The minimum Gasteiger partial charge on any atom is -0.493 e. The Morgan fingerprint density at radius 1 is 1.03 bits per heavy atom. The number of hydrogen-bond acceptors (Lipinski definition) is 5. The molecule has 0 aliphatic rings. The average Bonchev–Trinajstić information content (AvgIpc) is 2.74. The Hall–Kier alpha value is -2.68. The van der Waals surface area contributed by atoms with Crippen LogP contribution in [0, 0.1) is 0 Å². The lowest BCUT2D eigenvalue weighted by Crippen LogP contribution is -2.05. The summed E-state index contributed by atoms with van der Waals surface area (Å²) in [5.41, 5.74) is 3.06. The third kappa shape index (κ3) is 6.18. The minimum atomic E-state index is -4.45. The van der Waals surface area contributed by atoms with Crippen LogP contribution in [0.1, 0.15) is 16.7 Å². The molecule has 0 amide bonds. The molecule has 0 radical (unpaired) electrons. The van der Waals surface area contributed by atoms with E-state index in [0.29, 0.717) is 27.1 Å². The van der Waals surface area contributed by atoms with Crippen molar-refractivity contribution in [3.63, 3.8) is 0 Å². The number of halogens is 6. The van der Waals surface area contributed by atoms with Crippen LogP contribution in [0.2, 0.25) is 15.1 Å². The summed E-state index contributed by atoms with van der Waals surface area (Å²) in [5.74, 6) is 0.843. The average molecular weight is 505 g/mol. The molecular weight excluding hydrogens is 490 g/mol. The van der Waals surface area contributed by atoms with Crippen molar-refractivity contribution in [2.24, 2.45) is 5.10 Å². The zero-order valence-corrected chi connectivity index (χ0v) is 18.6. The number of aromatic nitrogens is 1. The molecule has 0 aliphatic heterocycles. The van der Waals surface area contributed by atoms with Crippen LogP contribution >= 0.6 is 34.8 Å². The largest absolute Gasteiger partial charge is 0.493 e. The first-order chi connectivity index (χ1) is 15.2. The molecule has 0 atom stereocenters. The lowest BCUT2D eigenvalue weighted by molar-refractivity contribution is -0.137. The van der Waals surface area contributed by atoms with Gasteiger partial charge in [0, 0.05) is 6.20 Å². The Kier molecular flexibility index (Phi) is 7.71. The molecule has 32 heavy (non-hydrogen) atoms.